The van der Waals surface area contributed by atoms with Crippen LogP contribution in [0.15, 0.2) is 22.8 Å². The zero-order valence-electron chi connectivity index (χ0n) is 11.5. The van der Waals surface area contributed by atoms with E-state index >= 15 is 0 Å². The quantitative estimate of drug-likeness (QED) is 0.862. The summed E-state index contributed by atoms with van der Waals surface area (Å²) in [5, 5.41) is 11.9. The fourth-order valence-electron chi connectivity index (χ4n) is 2.45. The number of carbonyl (C=O) groups is 2. The standard InChI is InChI=1S/C14H20N2O4/c1-10(6-7-11-4-3-9-20-11)15-14(19)16-8-2-5-12(16)13(17)18/h3-4,9-10,12H,2,5-8H2,1H3,(H,15,19)(H,17,18)/t10?,12-/m0/s1. The minimum Gasteiger partial charge on any atom is -0.480 e. The third-order valence-corrected chi connectivity index (χ3v) is 3.57. The number of likely N-dealkylation sites (tertiary alicyclic amines) is 1. The predicted octanol–water partition coefficient (Wildman–Crippen LogP) is 1.86. The summed E-state index contributed by atoms with van der Waals surface area (Å²) in [7, 11) is 0. The Morgan fingerprint density at radius 3 is 3.05 bits per heavy atom. The number of carboxylic acid groups (broad SMARTS) is 1. The molecular weight excluding hydrogens is 260 g/mol. The van der Waals surface area contributed by atoms with Crippen molar-refractivity contribution in [3.05, 3.63) is 24.2 Å². The lowest BCUT2D eigenvalue weighted by Gasteiger charge is -2.24. The molecule has 2 atom stereocenters. The van der Waals surface area contributed by atoms with Crippen LogP contribution in [0.1, 0.15) is 31.9 Å². The van der Waals surface area contributed by atoms with Crippen LogP contribution in [-0.2, 0) is 11.2 Å². The smallest absolute Gasteiger partial charge is 0.326 e. The number of hydrogen-bond acceptors (Lipinski definition) is 3. The van der Waals surface area contributed by atoms with Crippen LogP contribution in [0.5, 0.6) is 0 Å². The second-order valence-corrected chi connectivity index (χ2v) is 5.16. The van der Waals surface area contributed by atoms with Gasteiger partial charge in [0, 0.05) is 19.0 Å². The van der Waals surface area contributed by atoms with Crippen molar-refractivity contribution >= 4 is 12.0 Å². The monoisotopic (exact) mass is 280 g/mol. The number of furan rings is 1. The number of nitrogens with one attached hydrogen (secondary N) is 1. The average Bonchev–Trinajstić information content (AvgIpc) is 3.07. The summed E-state index contributed by atoms with van der Waals surface area (Å²) in [4.78, 5) is 24.5. The Hall–Kier alpha value is -1.98. The van der Waals surface area contributed by atoms with Crippen molar-refractivity contribution in [3.63, 3.8) is 0 Å². The second kappa shape index (κ2) is 6.45. The highest BCUT2D eigenvalue weighted by Gasteiger charge is 2.34. The fourth-order valence-corrected chi connectivity index (χ4v) is 2.45. The molecule has 0 bridgehead atoms. The lowest BCUT2D eigenvalue weighted by Crippen LogP contribution is -2.48. The summed E-state index contributed by atoms with van der Waals surface area (Å²) in [6.07, 6.45) is 4.40. The Morgan fingerprint density at radius 1 is 1.60 bits per heavy atom. The number of aryl methyl sites for hydroxylation is 1. The highest BCUT2D eigenvalue weighted by atomic mass is 16.4. The number of carboxylic acids is 1. The van der Waals surface area contributed by atoms with Gasteiger partial charge in [0.1, 0.15) is 11.8 Å². The van der Waals surface area contributed by atoms with Crippen LogP contribution in [0.2, 0.25) is 0 Å². The van der Waals surface area contributed by atoms with Crippen molar-refractivity contribution < 1.29 is 19.1 Å². The zero-order chi connectivity index (χ0) is 14.5. The maximum absolute atomic E-state index is 12.1. The fraction of sp³-hybridized carbons (Fsp3) is 0.571. The molecule has 2 heterocycles. The van der Waals surface area contributed by atoms with E-state index in [0.717, 1.165) is 25.0 Å². The minimum atomic E-state index is -0.930. The molecule has 2 rings (SSSR count). The normalized spacial score (nSPS) is 19.9. The Kier molecular flexibility index (Phi) is 4.65. The second-order valence-electron chi connectivity index (χ2n) is 5.16. The molecule has 1 aromatic rings. The highest BCUT2D eigenvalue weighted by molar-refractivity contribution is 5.83. The van der Waals surface area contributed by atoms with Crippen LogP contribution in [0.25, 0.3) is 0 Å². The van der Waals surface area contributed by atoms with Crippen LogP contribution in [0.4, 0.5) is 4.79 Å². The zero-order valence-corrected chi connectivity index (χ0v) is 11.5. The third kappa shape index (κ3) is 3.53. The number of aliphatic carboxylic acids is 1. The van der Waals surface area contributed by atoms with Crippen molar-refractivity contribution in [2.45, 2.75) is 44.7 Å². The maximum atomic E-state index is 12.1. The maximum Gasteiger partial charge on any atom is 0.326 e. The van der Waals surface area contributed by atoms with Gasteiger partial charge in [-0.1, -0.05) is 0 Å². The van der Waals surface area contributed by atoms with Gasteiger partial charge in [-0.25, -0.2) is 9.59 Å². The van der Waals surface area contributed by atoms with Crippen LogP contribution < -0.4 is 5.32 Å². The number of hydrogen-bond donors (Lipinski definition) is 2. The Morgan fingerprint density at radius 2 is 2.40 bits per heavy atom. The van der Waals surface area contributed by atoms with E-state index in [0.29, 0.717) is 13.0 Å². The van der Waals surface area contributed by atoms with Gasteiger partial charge < -0.3 is 19.7 Å². The molecule has 0 radical (unpaired) electrons. The molecule has 1 fully saturated rings. The minimum absolute atomic E-state index is 0.0253. The van der Waals surface area contributed by atoms with Gasteiger partial charge in [0.2, 0.25) is 0 Å². The molecule has 1 aromatic heterocycles. The van der Waals surface area contributed by atoms with E-state index < -0.39 is 12.0 Å². The number of rotatable bonds is 5. The van der Waals surface area contributed by atoms with Gasteiger partial charge in [0.05, 0.1) is 6.26 Å². The molecule has 1 aliphatic rings. The molecule has 1 aliphatic heterocycles. The van der Waals surface area contributed by atoms with Crippen LogP contribution in [0.3, 0.4) is 0 Å². The van der Waals surface area contributed by atoms with E-state index in [1.54, 1.807) is 6.26 Å². The van der Waals surface area contributed by atoms with Crippen molar-refractivity contribution in [3.8, 4) is 0 Å². The average molecular weight is 280 g/mol. The molecule has 6 heteroatoms. The van der Waals surface area contributed by atoms with Gasteiger partial charge in [-0.3, -0.25) is 0 Å². The number of urea groups is 1. The van der Waals surface area contributed by atoms with Crippen molar-refractivity contribution in [2.24, 2.45) is 0 Å². The Bertz CT molecular complexity index is 458. The van der Waals surface area contributed by atoms with E-state index in [9.17, 15) is 9.59 Å². The third-order valence-electron chi connectivity index (χ3n) is 3.57. The first-order chi connectivity index (χ1) is 9.58. The molecule has 0 aliphatic carbocycles. The van der Waals surface area contributed by atoms with Crippen molar-refractivity contribution in [2.75, 3.05) is 6.54 Å². The van der Waals surface area contributed by atoms with E-state index in [1.165, 1.54) is 4.90 Å². The summed E-state index contributed by atoms with van der Waals surface area (Å²) in [6, 6.07) is 2.73. The van der Waals surface area contributed by atoms with Crippen molar-refractivity contribution in [1.29, 1.82) is 0 Å². The van der Waals surface area contributed by atoms with Gasteiger partial charge >= 0.3 is 12.0 Å². The van der Waals surface area contributed by atoms with Gasteiger partial charge in [0.15, 0.2) is 0 Å². The largest absolute Gasteiger partial charge is 0.480 e. The SMILES string of the molecule is CC(CCc1ccco1)NC(=O)N1CCC[C@H]1C(=O)O. The molecule has 2 amide bonds. The van der Waals surface area contributed by atoms with Crippen molar-refractivity contribution in [1.82, 2.24) is 10.2 Å². The molecule has 1 unspecified atom stereocenters. The summed E-state index contributed by atoms with van der Waals surface area (Å²) in [5.41, 5.74) is 0. The molecule has 0 aromatic carbocycles. The molecule has 2 N–H and O–H groups in total. The first kappa shape index (κ1) is 14.4. The van der Waals surface area contributed by atoms with Gasteiger partial charge in [-0.2, -0.15) is 0 Å². The van der Waals surface area contributed by atoms with Gasteiger partial charge in [-0.05, 0) is 38.3 Å². The first-order valence-corrected chi connectivity index (χ1v) is 6.90. The lowest BCUT2D eigenvalue weighted by atomic mass is 10.1. The lowest BCUT2D eigenvalue weighted by molar-refractivity contribution is -0.141. The molecule has 0 saturated carbocycles. The van der Waals surface area contributed by atoms with Crippen LogP contribution in [-0.4, -0.2) is 40.6 Å². The van der Waals surface area contributed by atoms with E-state index in [2.05, 4.69) is 5.32 Å². The highest BCUT2D eigenvalue weighted by Crippen LogP contribution is 2.17. The first-order valence-electron chi connectivity index (χ1n) is 6.90. The van der Waals surface area contributed by atoms with Crippen LogP contribution in [0, 0.1) is 0 Å². The summed E-state index contributed by atoms with van der Waals surface area (Å²) in [6.45, 7) is 2.42. The van der Waals surface area contributed by atoms with E-state index in [4.69, 9.17) is 9.52 Å². The Balaban J connectivity index is 1.79. The molecule has 6 nitrogen and oxygen atoms in total. The predicted molar refractivity (Wildman–Crippen MR) is 72.4 cm³/mol. The summed E-state index contributed by atoms with van der Waals surface area (Å²) < 4.78 is 5.24. The topological polar surface area (TPSA) is 82.8 Å². The Labute approximate surface area is 117 Å². The van der Waals surface area contributed by atoms with E-state index in [-0.39, 0.29) is 12.1 Å². The summed E-state index contributed by atoms with van der Waals surface area (Å²) in [5.74, 6) is -0.0448. The number of amides is 2. The van der Waals surface area contributed by atoms with Crippen LogP contribution >= 0.6 is 0 Å². The number of carbonyl (C=O) groups excluding carboxylic acids is 1. The van der Waals surface area contributed by atoms with Gasteiger partial charge in [0.25, 0.3) is 0 Å². The molecular formula is C14H20N2O4. The molecule has 110 valence electrons. The summed E-state index contributed by atoms with van der Waals surface area (Å²) >= 11 is 0. The number of nitrogens with zero attached hydrogens (tertiary/aromatic N) is 1. The molecule has 0 spiro atoms. The van der Waals surface area contributed by atoms with E-state index in [1.807, 2.05) is 19.1 Å². The van der Waals surface area contributed by atoms with Gasteiger partial charge in [-0.15, -0.1) is 0 Å². The molecule has 1 saturated heterocycles. The molecule has 20 heavy (non-hydrogen) atoms.